The number of rotatable bonds is 2. The summed E-state index contributed by atoms with van der Waals surface area (Å²) in [4.78, 5) is 15.3. The van der Waals surface area contributed by atoms with Crippen LogP contribution < -0.4 is 5.32 Å². The summed E-state index contributed by atoms with van der Waals surface area (Å²) in [5, 5.41) is 4.18. The Bertz CT molecular complexity index is 832. The van der Waals surface area contributed by atoms with Gasteiger partial charge in [-0.1, -0.05) is 5.92 Å². The van der Waals surface area contributed by atoms with Crippen LogP contribution in [-0.4, -0.2) is 36.0 Å². The van der Waals surface area contributed by atoms with Crippen molar-refractivity contribution in [2.24, 2.45) is 5.92 Å². The van der Waals surface area contributed by atoms with Gasteiger partial charge in [-0.3, -0.25) is 9.69 Å². The molecule has 3 aliphatic rings. The van der Waals surface area contributed by atoms with Crippen molar-refractivity contribution in [1.82, 2.24) is 10.2 Å². The van der Waals surface area contributed by atoms with Crippen LogP contribution in [0.1, 0.15) is 42.6 Å². The number of hydrogen-bond acceptors (Lipinski definition) is 3. The van der Waals surface area contributed by atoms with E-state index in [1.165, 1.54) is 12.8 Å². The fraction of sp³-hybridized carbons (Fsp3) is 0.450. The maximum Gasteiger partial charge on any atom is 0.251 e. The highest BCUT2D eigenvalue weighted by atomic mass is 16.3. The van der Waals surface area contributed by atoms with Crippen molar-refractivity contribution in [1.29, 1.82) is 0 Å². The van der Waals surface area contributed by atoms with Crippen molar-refractivity contribution in [3.05, 3.63) is 35.6 Å². The molecular formula is C20H22N2O2. The Labute approximate surface area is 142 Å². The first kappa shape index (κ1) is 15.3. The van der Waals surface area contributed by atoms with Crippen LogP contribution in [0.2, 0.25) is 0 Å². The van der Waals surface area contributed by atoms with Gasteiger partial charge in [0, 0.05) is 23.0 Å². The lowest BCUT2D eigenvalue weighted by Crippen LogP contribution is -2.62. The third-order valence-electron chi connectivity index (χ3n) is 5.57. The lowest BCUT2D eigenvalue weighted by atomic mass is 9.79. The largest absolute Gasteiger partial charge is 0.463 e. The highest BCUT2D eigenvalue weighted by Crippen LogP contribution is 2.32. The molecule has 0 spiro atoms. The van der Waals surface area contributed by atoms with Crippen molar-refractivity contribution < 1.29 is 9.21 Å². The number of piperidine rings is 3. The van der Waals surface area contributed by atoms with E-state index in [2.05, 4.69) is 29.0 Å². The summed E-state index contributed by atoms with van der Waals surface area (Å²) >= 11 is 0. The Morgan fingerprint density at radius 1 is 1.33 bits per heavy atom. The average Bonchev–Trinajstić information content (AvgIpc) is 3.01. The van der Waals surface area contributed by atoms with Crippen LogP contribution in [-0.2, 0) is 0 Å². The molecule has 2 aromatic rings. The maximum absolute atomic E-state index is 12.8. The van der Waals surface area contributed by atoms with Gasteiger partial charge in [0.05, 0.1) is 5.56 Å². The van der Waals surface area contributed by atoms with E-state index in [-0.39, 0.29) is 11.9 Å². The predicted molar refractivity (Wildman–Crippen MR) is 93.8 cm³/mol. The fourth-order valence-electron chi connectivity index (χ4n) is 4.18. The molecule has 2 bridgehead atoms. The van der Waals surface area contributed by atoms with Crippen LogP contribution in [0.4, 0.5) is 0 Å². The standard InChI is InChI=1S/C20H22N2O2/c1-3-4-16-12-24-18-6-5-15(11-17(16)18)20(23)21-19-13(2)22-9-7-14(19)8-10-22/h5-6,11-14,19H,7-10H2,1-2H3,(H,21,23)/t13-,19-/m0/s1. The van der Waals surface area contributed by atoms with Crippen molar-refractivity contribution in [2.75, 3.05) is 13.1 Å². The van der Waals surface area contributed by atoms with E-state index in [1.54, 1.807) is 13.2 Å². The number of benzene rings is 1. The zero-order chi connectivity index (χ0) is 16.7. The van der Waals surface area contributed by atoms with Crippen LogP contribution in [0.5, 0.6) is 0 Å². The molecule has 0 saturated carbocycles. The Balaban J connectivity index is 1.59. The Kier molecular flexibility index (Phi) is 3.82. The van der Waals surface area contributed by atoms with Gasteiger partial charge in [-0.05, 0) is 63.9 Å². The Morgan fingerprint density at radius 2 is 2.12 bits per heavy atom. The number of carbonyl (C=O) groups is 1. The topological polar surface area (TPSA) is 45.5 Å². The first-order valence-corrected chi connectivity index (χ1v) is 8.66. The van der Waals surface area contributed by atoms with Gasteiger partial charge >= 0.3 is 0 Å². The van der Waals surface area contributed by atoms with Crippen LogP contribution in [0, 0.1) is 17.8 Å². The zero-order valence-electron chi connectivity index (χ0n) is 14.1. The van der Waals surface area contributed by atoms with Crippen LogP contribution >= 0.6 is 0 Å². The predicted octanol–water partition coefficient (Wildman–Crippen LogP) is 3.02. The number of fused-ring (bicyclic) bond motifs is 4. The number of hydrogen-bond donors (Lipinski definition) is 1. The van der Waals surface area contributed by atoms with Crippen molar-refractivity contribution >= 4 is 16.9 Å². The molecule has 3 saturated heterocycles. The quantitative estimate of drug-likeness (QED) is 0.865. The van der Waals surface area contributed by atoms with Gasteiger partial charge < -0.3 is 9.73 Å². The molecule has 3 fully saturated rings. The summed E-state index contributed by atoms with van der Waals surface area (Å²) in [6.45, 7) is 6.35. The molecule has 2 atom stereocenters. The van der Waals surface area contributed by atoms with Crippen molar-refractivity contribution in [3.8, 4) is 11.8 Å². The molecule has 0 radical (unpaired) electrons. The van der Waals surface area contributed by atoms with Crippen molar-refractivity contribution in [3.63, 3.8) is 0 Å². The molecule has 1 aromatic heterocycles. The lowest BCUT2D eigenvalue weighted by molar-refractivity contribution is 0.0217. The number of amides is 1. The van der Waals surface area contributed by atoms with Gasteiger partial charge in [0.2, 0.25) is 0 Å². The first-order chi connectivity index (χ1) is 11.7. The van der Waals surface area contributed by atoms with Crippen LogP contribution in [0.15, 0.2) is 28.9 Å². The SMILES string of the molecule is CC#Cc1coc2ccc(C(=O)N[C@@H]3C4CCN(CC4)[C@H]3C)cc12. The summed E-state index contributed by atoms with van der Waals surface area (Å²) in [7, 11) is 0. The molecule has 0 unspecified atom stereocenters. The van der Waals surface area contributed by atoms with E-state index in [0.29, 0.717) is 17.5 Å². The molecule has 0 aliphatic carbocycles. The van der Waals surface area contributed by atoms with Crippen LogP contribution in [0.3, 0.4) is 0 Å². The molecule has 5 rings (SSSR count). The first-order valence-electron chi connectivity index (χ1n) is 8.66. The van der Waals surface area contributed by atoms with Gasteiger partial charge in [-0.15, -0.1) is 5.92 Å². The van der Waals surface area contributed by atoms with E-state index >= 15 is 0 Å². The normalized spacial score (nSPS) is 28.4. The van der Waals surface area contributed by atoms with E-state index in [9.17, 15) is 4.79 Å². The zero-order valence-corrected chi connectivity index (χ0v) is 14.1. The highest BCUT2D eigenvalue weighted by Gasteiger charge is 2.40. The molecule has 4 nitrogen and oxygen atoms in total. The van der Waals surface area contributed by atoms with Gasteiger partial charge in [0.25, 0.3) is 5.91 Å². The van der Waals surface area contributed by atoms with E-state index in [4.69, 9.17) is 4.42 Å². The summed E-state index contributed by atoms with van der Waals surface area (Å²) < 4.78 is 5.50. The molecular weight excluding hydrogens is 300 g/mol. The van der Waals surface area contributed by atoms with Crippen LogP contribution in [0.25, 0.3) is 11.0 Å². The smallest absolute Gasteiger partial charge is 0.251 e. The fourth-order valence-corrected chi connectivity index (χ4v) is 4.18. The summed E-state index contributed by atoms with van der Waals surface area (Å²) in [5.41, 5.74) is 2.27. The third-order valence-corrected chi connectivity index (χ3v) is 5.57. The van der Waals surface area contributed by atoms with Gasteiger partial charge in [0.15, 0.2) is 0 Å². The van der Waals surface area contributed by atoms with Crippen molar-refractivity contribution in [2.45, 2.75) is 38.8 Å². The van der Waals surface area contributed by atoms with E-state index in [0.717, 1.165) is 29.6 Å². The minimum Gasteiger partial charge on any atom is -0.463 e. The van der Waals surface area contributed by atoms with Gasteiger partial charge in [-0.25, -0.2) is 0 Å². The maximum atomic E-state index is 12.8. The second kappa shape index (κ2) is 5.99. The second-order valence-corrected chi connectivity index (χ2v) is 6.85. The van der Waals surface area contributed by atoms with Gasteiger partial charge in [0.1, 0.15) is 11.8 Å². The molecule has 1 aromatic carbocycles. The number of carbonyl (C=O) groups excluding carboxylic acids is 1. The molecule has 4 heteroatoms. The summed E-state index contributed by atoms with van der Waals surface area (Å²) in [6, 6.07) is 6.23. The molecule has 1 N–H and O–H groups in total. The van der Waals surface area contributed by atoms with E-state index < -0.39 is 0 Å². The molecule has 1 amide bonds. The second-order valence-electron chi connectivity index (χ2n) is 6.85. The Morgan fingerprint density at radius 3 is 2.83 bits per heavy atom. The lowest BCUT2D eigenvalue weighted by Gasteiger charge is -2.49. The number of nitrogens with zero attached hydrogens (tertiary/aromatic N) is 1. The molecule has 24 heavy (non-hydrogen) atoms. The number of nitrogens with one attached hydrogen (secondary N) is 1. The van der Waals surface area contributed by atoms with Gasteiger partial charge in [-0.2, -0.15) is 0 Å². The minimum absolute atomic E-state index is 0.000826. The molecule has 3 aliphatic heterocycles. The summed E-state index contributed by atoms with van der Waals surface area (Å²) in [6.07, 6.45) is 4.02. The minimum atomic E-state index is -0.000826. The van der Waals surface area contributed by atoms with E-state index in [1.807, 2.05) is 18.2 Å². The monoisotopic (exact) mass is 322 g/mol. The highest BCUT2D eigenvalue weighted by molar-refractivity contribution is 5.99. The average molecular weight is 322 g/mol. The molecule has 124 valence electrons. The summed E-state index contributed by atoms with van der Waals surface area (Å²) in [5.74, 6) is 6.51. The third kappa shape index (κ3) is 2.50. The Hall–Kier alpha value is -2.25. The molecule has 4 heterocycles. The number of furan rings is 1.